The van der Waals surface area contributed by atoms with E-state index in [1.165, 1.54) is 0 Å². The van der Waals surface area contributed by atoms with E-state index in [0.717, 1.165) is 25.7 Å². The molecule has 0 bridgehead atoms. The van der Waals surface area contributed by atoms with Crippen molar-refractivity contribution in [1.29, 1.82) is 0 Å². The van der Waals surface area contributed by atoms with E-state index in [4.69, 9.17) is 9.84 Å². The molecule has 6 nitrogen and oxygen atoms in total. The summed E-state index contributed by atoms with van der Waals surface area (Å²) in [5, 5.41) is 8.99. The molecule has 2 amide bonds. The molecule has 2 fully saturated rings. The van der Waals surface area contributed by atoms with Gasteiger partial charge in [-0.05, 0) is 32.6 Å². The third kappa shape index (κ3) is 3.23. The molecule has 20 heavy (non-hydrogen) atoms. The Morgan fingerprint density at radius 2 is 2.10 bits per heavy atom. The number of carboxylic acids is 1. The summed E-state index contributed by atoms with van der Waals surface area (Å²) < 4.78 is 5.51. The average molecular weight is 284 g/mol. The molecule has 0 radical (unpaired) electrons. The Hall–Kier alpha value is -1.30. The quantitative estimate of drug-likeness (QED) is 0.853. The number of carbonyl (C=O) groups is 2. The molecule has 3 atom stereocenters. The lowest BCUT2D eigenvalue weighted by atomic mass is 9.99. The molecule has 6 heteroatoms. The van der Waals surface area contributed by atoms with Crippen LogP contribution in [-0.4, -0.2) is 65.3 Å². The van der Waals surface area contributed by atoms with Gasteiger partial charge in [0.2, 0.25) is 0 Å². The molecular formula is C14H24N2O4. The minimum atomic E-state index is -0.838. The molecule has 0 saturated carbocycles. The lowest BCUT2D eigenvalue weighted by Gasteiger charge is -2.39. The molecule has 0 aromatic carbocycles. The number of likely N-dealkylation sites (N-methyl/N-ethyl adjacent to an activating group) is 1. The van der Waals surface area contributed by atoms with Crippen LogP contribution in [0.15, 0.2) is 0 Å². The highest BCUT2D eigenvalue weighted by Crippen LogP contribution is 2.24. The van der Waals surface area contributed by atoms with E-state index in [-0.39, 0.29) is 30.6 Å². The molecule has 2 aliphatic rings. The van der Waals surface area contributed by atoms with Crippen LogP contribution in [0.25, 0.3) is 0 Å². The van der Waals surface area contributed by atoms with Gasteiger partial charge in [-0.1, -0.05) is 0 Å². The number of likely N-dealkylation sites (tertiary alicyclic amines) is 1. The Morgan fingerprint density at radius 1 is 1.35 bits per heavy atom. The first-order valence-electron chi connectivity index (χ1n) is 7.37. The smallest absolute Gasteiger partial charge is 0.320 e. The van der Waals surface area contributed by atoms with Crippen molar-refractivity contribution in [2.45, 2.75) is 57.2 Å². The first kappa shape index (κ1) is 15.1. The van der Waals surface area contributed by atoms with Gasteiger partial charge in [0.15, 0.2) is 0 Å². The molecule has 114 valence electrons. The zero-order chi connectivity index (χ0) is 14.7. The lowest BCUT2D eigenvalue weighted by molar-refractivity contribution is -0.138. The number of hydrogen-bond donors (Lipinski definition) is 1. The van der Waals surface area contributed by atoms with Crippen LogP contribution >= 0.6 is 0 Å². The first-order chi connectivity index (χ1) is 9.50. The number of urea groups is 1. The number of carbonyl (C=O) groups excluding carboxylic acids is 1. The summed E-state index contributed by atoms with van der Waals surface area (Å²) in [4.78, 5) is 27.0. The number of ether oxygens (including phenoxy) is 1. The highest BCUT2D eigenvalue weighted by molar-refractivity contribution is 5.76. The van der Waals surface area contributed by atoms with Crippen molar-refractivity contribution < 1.29 is 19.4 Å². The van der Waals surface area contributed by atoms with Crippen LogP contribution in [-0.2, 0) is 9.53 Å². The summed E-state index contributed by atoms with van der Waals surface area (Å²) in [6, 6.07) is -0.137. The van der Waals surface area contributed by atoms with E-state index in [2.05, 4.69) is 0 Å². The molecular weight excluding hydrogens is 260 g/mol. The molecule has 1 N–H and O–H groups in total. The van der Waals surface area contributed by atoms with Crippen molar-refractivity contribution in [1.82, 2.24) is 9.80 Å². The van der Waals surface area contributed by atoms with Gasteiger partial charge < -0.3 is 19.6 Å². The topological polar surface area (TPSA) is 70.1 Å². The summed E-state index contributed by atoms with van der Waals surface area (Å²) in [6.45, 7) is 3.32. The minimum Gasteiger partial charge on any atom is -0.481 e. The van der Waals surface area contributed by atoms with Crippen LogP contribution in [0.5, 0.6) is 0 Å². The molecule has 2 heterocycles. The Morgan fingerprint density at radius 3 is 2.70 bits per heavy atom. The van der Waals surface area contributed by atoms with E-state index in [1.54, 1.807) is 16.8 Å². The fourth-order valence-corrected chi connectivity index (χ4v) is 3.24. The third-order valence-corrected chi connectivity index (χ3v) is 4.42. The second-order valence-corrected chi connectivity index (χ2v) is 5.77. The zero-order valence-corrected chi connectivity index (χ0v) is 12.2. The van der Waals surface area contributed by atoms with Crippen molar-refractivity contribution in [2.24, 2.45) is 0 Å². The molecule has 2 rings (SSSR count). The largest absolute Gasteiger partial charge is 0.481 e. The number of rotatable bonds is 3. The van der Waals surface area contributed by atoms with Crippen LogP contribution in [0.3, 0.4) is 0 Å². The maximum atomic E-state index is 12.6. The monoisotopic (exact) mass is 284 g/mol. The van der Waals surface area contributed by atoms with Gasteiger partial charge in [-0.15, -0.1) is 0 Å². The summed E-state index contributed by atoms with van der Waals surface area (Å²) in [6.07, 6.45) is 3.66. The lowest BCUT2D eigenvalue weighted by Crippen LogP contribution is -2.53. The Balaban J connectivity index is 2.03. The van der Waals surface area contributed by atoms with Crippen molar-refractivity contribution in [2.75, 3.05) is 20.2 Å². The summed E-state index contributed by atoms with van der Waals surface area (Å²) in [7, 11) is 1.80. The number of aliphatic carboxylic acids is 1. The second-order valence-electron chi connectivity index (χ2n) is 5.77. The third-order valence-electron chi connectivity index (χ3n) is 4.42. The van der Waals surface area contributed by atoms with Crippen molar-refractivity contribution in [3.8, 4) is 0 Å². The standard InChI is InChI=1S/C14H24N2O4/c1-10-12(6-8-20-10)15(2)14(19)16-7-4-3-5-11(16)9-13(17)18/h10-12H,3-9H2,1-2H3,(H,17,18). The zero-order valence-electron chi connectivity index (χ0n) is 12.2. The number of piperidine rings is 1. The van der Waals surface area contributed by atoms with Crippen LogP contribution in [0.2, 0.25) is 0 Å². The molecule has 0 aromatic rings. The van der Waals surface area contributed by atoms with E-state index in [1.807, 2.05) is 6.92 Å². The van der Waals surface area contributed by atoms with E-state index in [0.29, 0.717) is 13.2 Å². The Bertz CT molecular complexity index is 374. The van der Waals surface area contributed by atoms with Crippen molar-refractivity contribution in [3.63, 3.8) is 0 Å². The molecule has 2 aliphatic heterocycles. The normalized spacial score (nSPS) is 30.3. The van der Waals surface area contributed by atoms with Gasteiger partial charge >= 0.3 is 12.0 Å². The van der Waals surface area contributed by atoms with Crippen molar-refractivity contribution >= 4 is 12.0 Å². The Kier molecular flexibility index (Phi) is 4.86. The predicted octanol–water partition coefficient (Wildman–Crippen LogP) is 1.54. The van der Waals surface area contributed by atoms with Crippen LogP contribution in [0.1, 0.15) is 39.0 Å². The van der Waals surface area contributed by atoms with E-state index in [9.17, 15) is 9.59 Å². The number of carboxylic acid groups (broad SMARTS) is 1. The molecule has 3 unspecified atom stereocenters. The fourth-order valence-electron chi connectivity index (χ4n) is 3.24. The van der Waals surface area contributed by atoms with Gasteiger partial charge in [0.1, 0.15) is 0 Å². The summed E-state index contributed by atoms with van der Waals surface area (Å²) in [5.74, 6) is -0.838. The van der Waals surface area contributed by atoms with Gasteiger partial charge in [-0.3, -0.25) is 4.79 Å². The SMILES string of the molecule is CC1OCCC1N(C)C(=O)N1CCCCC1CC(=O)O. The average Bonchev–Trinajstić information content (AvgIpc) is 2.83. The van der Waals surface area contributed by atoms with Gasteiger partial charge in [-0.25, -0.2) is 4.79 Å². The highest BCUT2D eigenvalue weighted by Gasteiger charge is 2.36. The molecule has 0 aliphatic carbocycles. The van der Waals surface area contributed by atoms with Gasteiger partial charge in [-0.2, -0.15) is 0 Å². The maximum absolute atomic E-state index is 12.6. The number of hydrogen-bond acceptors (Lipinski definition) is 3. The predicted molar refractivity (Wildman–Crippen MR) is 73.6 cm³/mol. The van der Waals surface area contributed by atoms with Gasteiger partial charge in [0, 0.05) is 26.2 Å². The second kappa shape index (κ2) is 6.43. The number of nitrogens with zero attached hydrogens (tertiary/aromatic N) is 2. The highest BCUT2D eigenvalue weighted by atomic mass is 16.5. The van der Waals surface area contributed by atoms with E-state index >= 15 is 0 Å². The van der Waals surface area contributed by atoms with E-state index < -0.39 is 5.97 Å². The first-order valence-corrected chi connectivity index (χ1v) is 7.37. The Labute approximate surface area is 119 Å². The molecule has 0 spiro atoms. The number of amides is 2. The molecule has 2 saturated heterocycles. The van der Waals surface area contributed by atoms with Crippen LogP contribution in [0.4, 0.5) is 4.79 Å². The molecule has 0 aromatic heterocycles. The fraction of sp³-hybridized carbons (Fsp3) is 0.857. The van der Waals surface area contributed by atoms with Gasteiger partial charge in [0.25, 0.3) is 0 Å². The van der Waals surface area contributed by atoms with Crippen molar-refractivity contribution in [3.05, 3.63) is 0 Å². The maximum Gasteiger partial charge on any atom is 0.320 e. The summed E-state index contributed by atoms with van der Waals surface area (Å²) in [5.41, 5.74) is 0. The summed E-state index contributed by atoms with van der Waals surface area (Å²) >= 11 is 0. The minimum absolute atomic E-state index is 0.0380. The van der Waals surface area contributed by atoms with Crippen LogP contribution < -0.4 is 0 Å². The van der Waals surface area contributed by atoms with Gasteiger partial charge in [0.05, 0.1) is 18.6 Å². The van der Waals surface area contributed by atoms with Crippen LogP contribution in [0, 0.1) is 0 Å².